The zero-order valence-corrected chi connectivity index (χ0v) is 15.5. The van der Waals surface area contributed by atoms with Gasteiger partial charge in [-0.25, -0.2) is 0 Å². The molecule has 1 rings (SSSR count). The van der Waals surface area contributed by atoms with E-state index in [-0.39, 0.29) is 0 Å². The van der Waals surface area contributed by atoms with Crippen LogP contribution in [0.3, 0.4) is 0 Å². The molecule has 1 aromatic rings. The van der Waals surface area contributed by atoms with E-state index in [2.05, 4.69) is 81.3 Å². The van der Waals surface area contributed by atoms with Crippen molar-refractivity contribution in [1.82, 2.24) is 8.66 Å². The molecule has 4 heteroatoms. The van der Waals surface area contributed by atoms with Crippen LogP contribution in [0.15, 0.2) is 30.3 Å². The number of nitrogens with zero attached hydrogens (tertiary/aromatic N) is 3. The molecule has 0 aliphatic heterocycles. The molecule has 0 spiro atoms. The van der Waals surface area contributed by atoms with E-state index in [1.54, 1.807) is 0 Å². The van der Waals surface area contributed by atoms with Gasteiger partial charge in [-0.05, 0) is 0 Å². The van der Waals surface area contributed by atoms with E-state index >= 15 is 0 Å². The van der Waals surface area contributed by atoms with Gasteiger partial charge in [0.15, 0.2) is 0 Å². The summed E-state index contributed by atoms with van der Waals surface area (Å²) < 4.78 is 8.65. The minimum atomic E-state index is -2.77. The zero-order valence-electron chi connectivity index (χ0n) is 11.9. The first-order chi connectivity index (χ1) is 7.91. The van der Waals surface area contributed by atoms with Crippen molar-refractivity contribution in [3.8, 4) is 0 Å². The molecule has 1 aromatic carbocycles. The van der Waals surface area contributed by atoms with Crippen LogP contribution in [0.4, 0.5) is 0 Å². The number of hydrogen-bond acceptors (Lipinski definition) is 3. The Labute approximate surface area is 112 Å². The number of hydrogen-bond donors (Lipinski definition) is 0. The van der Waals surface area contributed by atoms with Gasteiger partial charge in [-0.1, -0.05) is 0 Å². The van der Waals surface area contributed by atoms with Crippen LogP contribution >= 0.6 is 0 Å². The van der Waals surface area contributed by atoms with Crippen LogP contribution in [-0.2, 0) is 25.0 Å². The van der Waals surface area contributed by atoms with Crippen LogP contribution in [-0.4, -0.2) is 50.9 Å². The van der Waals surface area contributed by atoms with Gasteiger partial charge in [-0.2, -0.15) is 0 Å². The summed E-state index contributed by atoms with van der Waals surface area (Å²) in [5, 5.41) is 0. The number of benzene rings is 1. The normalized spacial score (nSPS) is 12.8. The molecule has 0 atom stereocenters. The van der Waals surface area contributed by atoms with Gasteiger partial charge in [0.1, 0.15) is 0 Å². The van der Waals surface area contributed by atoms with Gasteiger partial charge in [0, 0.05) is 0 Å². The molecular weight excluding hydrogens is 377 g/mol. The first-order valence-electron chi connectivity index (χ1n) is 5.97. The molecule has 0 bridgehead atoms. The summed E-state index contributed by atoms with van der Waals surface area (Å²) in [6, 6.07) is 10.8. The summed E-state index contributed by atoms with van der Waals surface area (Å²) in [7, 11) is 13.4. The summed E-state index contributed by atoms with van der Waals surface area (Å²) in [4.78, 5) is 0. The van der Waals surface area contributed by atoms with Gasteiger partial charge in [0.25, 0.3) is 0 Å². The summed E-state index contributed by atoms with van der Waals surface area (Å²) in [6.45, 7) is 0. The van der Waals surface area contributed by atoms with E-state index in [1.165, 1.54) is 9.74 Å². The molecule has 0 radical (unpaired) electrons. The monoisotopic (exact) mass is 403 g/mol. The second-order valence-electron chi connectivity index (χ2n) is 5.12. The third-order valence-corrected chi connectivity index (χ3v) is 22.0. The van der Waals surface area contributed by atoms with Gasteiger partial charge in [0.2, 0.25) is 0 Å². The van der Waals surface area contributed by atoms with E-state index in [0.29, 0.717) is 0 Å². The maximum atomic E-state index is 2.49. The molecule has 0 amide bonds. The van der Waals surface area contributed by atoms with Crippen molar-refractivity contribution in [3.05, 3.63) is 35.9 Å². The average Bonchev–Trinajstić information content (AvgIpc) is 2.25. The first kappa shape index (κ1) is 15.0. The molecule has 0 N–H and O–H groups in total. The van der Waals surface area contributed by atoms with Gasteiger partial charge in [-0.3, -0.25) is 0 Å². The molecule has 0 saturated carbocycles. The summed E-state index contributed by atoms with van der Waals surface area (Å²) in [5.41, 5.74) is 1.45. The molecule has 0 fully saturated rings. The van der Waals surface area contributed by atoms with Crippen LogP contribution in [0, 0.1) is 0 Å². The predicted molar refractivity (Wildman–Crippen MR) is 71.2 cm³/mol. The quantitative estimate of drug-likeness (QED) is 0.696. The average molecular weight is 402 g/mol. The zero-order chi connectivity index (χ0) is 13.1. The van der Waals surface area contributed by atoms with Crippen LogP contribution in [0.1, 0.15) is 5.56 Å². The summed E-state index contributed by atoms with van der Waals surface area (Å²) in [6.07, 6.45) is 0. The van der Waals surface area contributed by atoms with Crippen molar-refractivity contribution in [3.63, 3.8) is 0 Å². The fraction of sp³-hybridized carbons (Fsp3) is 0.538. The van der Waals surface area contributed by atoms with Crippen LogP contribution in [0.25, 0.3) is 0 Å². The third-order valence-electron chi connectivity index (χ3n) is 3.43. The molecule has 0 aliphatic rings. The third kappa shape index (κ3) is 3.25. The second kappa shape index (κ2) is 6.23. The second-order valence-corrected chi connectivity index (χ2v) is 21.6. The van der Waals surface area contributed by atoms with Crippen LogP contribution in [0.2, 0.25) is 0 Å². The standard InChI is InChI=1S/C7H7.3C2H6N.Hf/c1-7-5-3-2-4-6-7;3*1-3-2;/h2-6H,1H2;3*1-2H3;/q;3*-1;+3. The van der Waals surface area contributed by atoms with E-state index in [0.717, 1.165) is 0 Å². The molecule has 0 heterocycles. The topological polar surface area (TPSA) is 9.72 Å². The predicted octanol–water partition coefficient (Wildman–Crippen LogP) is 1.77. The van der Waals surface area contributed by atoms with E-state index in [1.807, 2.05) is 0 Å². The van der Waals surface area contributed by atoms with Gasteiger partial charge in [-0.15, -0.1) is 0 Å². The van der Waals surface area contributed by atoms with Gasteiger partial charge in [0.05, 0.1) is 0 Å². The Bertz CT molecular complexity index is 314. The van der Waals surface area contributed by atoms with Crippen LogP contribution in [0.5, 0.6) is 0 Å². The Morgan fingerprint density at radius 3 is 1.53 bits per heavy atom. The fourth-order valence-electron chi connectivity index (χ4n) is 2.54. The Morgan fingerprint density at radius 1 is 0.765 bits per heavy atom. The molecule has 0 saturated heterocycles. The Hall–Kier alpha value is -0.0299. The fourth-order valence-corrected chi connectivity index (χ4v) is 17.4. The molecule has 0 aliphatic carbocycles. The Morgan fingerprint density at radius 2 is 1.18 bits per heavy atom. The number of rotatable bonds is 5. The summed E-state index contributed by atoms with van der Waals surface area (Å²) >= 11 is -2.77. The summed E-state index contributed by atoms with van der Waals surface area (Å²) in [5.74, 6) is 0. The molecule has 17 heavy (non-hydrogen) atoms. The Balaban J connectivity index is 3.07. The minimum absolute atomic E-state index is 1.20. The molecule has 96 valence electrons. The van der Waals surface area contributed by atoms with Gasteiger partial charge >= 0.3 is 112 Å². The van der Waals surface area contributed by atoms with E-state index in [4.69, 9.17) is 0 Å². The molecular formula is C13H25HfN3. The maximum absolute atomic E-state index is 2.77. The Kier molecular flexibility index (Phi) is 5.51. The van der Waals surface area contributed by atoms with Crippen LogP contribution < -0.4 is 0 Å². The van der Waals surface area contributed by atoms with E-state index in [9.17, 15) is 0 Å². The van der Waals surface area contributed by atoms with Gasteiger partial charge < -0.3 is 0 Å². The van der Waals surface area contributed by atoms with Crippen molar-refractivity contribution in [1.29, 1.82) is 0 Å². The van der Waals surface area contributed by atoms with Crippen molar-refractivity contribution in [2.24, 2.45) is 0 Å². The van der Waals surface area contributed by atoms with Crippen molar-refractivity contribution in [2.75, 3.05) is 42.3 Å². The van der Waals surface area contributed by atoms with E-state index < -0.39 is 20.8 Å². The van der Waals surface area contributed by atoms with Crippen molar-refractivity contribution >= 4 is 0 Å². The molecule has 0 unspecified atom stereocenters. The van der Waals surface area contributed by atoms with Crippen molar-refractivity contribution in [2.45, 2.75) is 4.18 Å². The molecule has 3 nitrogen and oxygen atoms in total. The molecule has 0 aromatic heterocycles. The SMILES string of the molecule is C[N](C)[Hf]([CH2]c1ccccc1)([N](C)C)[N](C)C. The first-order valence-corrected chi connectivity index (χ1v) is 13.3. The van der Waals surface area contributed by atoms with Crippen molar-refractivity contribution < 1.29 is 20.8 Å².